The normalized spacial score (nSPS) is 12.8. The van der Waals surface area contributed by atoms with Crippen LogP contribution in [-0.4, -0.2) is 54.4 Å². The van der Waals surface area contributed by atoms with Gasteiger partial charge in [0, 0.05) is 11.8 Å². The summed E-state index contributed by atoms with van der Waals surface area (Å²) in [7, 11) is -4.82. The van der Waals surface area contributed by atoms with Gasteiger partial charge in [0.1, 0.15) is 16.1 Å². The van der Waals surface area contributed by atoms with E-state index in [1.54, 1.807) is 41.5 Å². The van der Waals surface area contributed by atoms with Gasteiger partial charge in [-0.2, -0.15) is 18.1 Å². The van der Waals surface area contributed by atoms with Crippen molar-refractivity contribution in [3.8, 4) is 16.3 Å². The Labute approximate surface area is 210 Å². The number of rotatable bonds is 4. The lowest BCUT2D eigenvalue weighted by molar-refractivity contribution is -0.0437. The highest BCUT2D eigenvalue weighted by Gasteiger charge is 2.49. The van der Waals surface area contributed by atoms with Crippen LogP contribution in [0.15, 0.2) is 17.2 Å². The third-order valence-electron chi connectivity index (χ3n) is 4.00. The van der Waals surface area contributed by atoms with Gasteiger partial charge in [0.15, 0.2) is 0 Å². The van der Waals surface area contributed by atoms with Gasteiger partial charge in [0.25, 0.3) is 9.84 Å². The Morgan fingerprint density at radius 3 is 1.92 bits per heavy atom. The molecule has 0 saturated heterocycles. The molecule has 2 amide bonds. The number of aromatic nitrogens is 2. The topological polar surface area (TPSA) is 125 Å². The molecule has 0 saturated carbocycles. The molecule has 2 rings (SSSR count). The monoisotopic (exact) mass is 553 g/mol. The maximum Gasteiger partial charge on any atom is 0.502 e. The van der Waals surface area contributed by atoms with Crippen molar-refractivity contribution < 1.29 is 45.4 Å². The molecule has 0 aliphatic carbocycles. The molecule has 36 heavy (non-hydrogen) atoms. The fraction of sp³-hybridized carbons (Fsp3) is 0.524. The third-order valence-corrected chi connectivity index (χ3v) is 6.67. The van der Waals surface area contributed by atoms with Gasteiger partial charge in [-0.05, 0) is 54.5 Å². The molecule has 200 valence electrons. The number of alkyl halides is 3. The summed E-state index contributed by atoms with van der Waals surface area (Å²) < 4.78 is 79.1. The number of amides is 2. The highest BCUT2D eigenvalue weighted by Crippen LogP contribution is 2.40. The van der Waals surface area contributed by atoms with Gasteiger partial charge < -0.3 is 14.2 Å². The van der Waals surface area contributed by atoms with Crippen LogP contribution in [0.1, 0.15) is 47.2 Å². The largest absolute Gasteiger partial charge is 0.502 e. The van der Waals surface area contributed by atoms with Gasteiger partial charge >= 0.3 is 17.7 Å². The van der Waals surface area contributed by atoms with Crippen molar-refractivity contribution in [2.24, 2.45) is 0 Å². The predicted octanol–water partition coefficient (Wildman–Crippen LogP) is 5.49. The Morgan fingerprint density at radius 1 is 1.00 bits per heavy atom. The van der Waals surface area contributed by atoms with Crippen LogP contribution < -0.4 is 9.64 Å². The van der Waals surface area contributed by atoms with Gasteiger partial charge in [0.05, 0.1) is 17.7 Å². The lowest BCUT2D eigenvalue weighted by Gasteiger charge is -2.27. The molecule has 0 bridgehead atoms. The summed E-state index contributed by atoms with van der Waals surface area (Å²) in [5, 5.41) is -0.206. The summed E-state index contributed by atoms with van der Waals surface area (Å²) in [6.07, 6.45) is -1.10. The van der Waals surface area contributed by atoms with Crippen molar-refractivity contribution in [2.75, 3.05) is 12.0 Å². The average molecular weight is 554 g/mol. The van der Waals surface area contributed by atoms with Gasteiger partial charge in [-0.3, -0.25) is 0 Å². The van der Waals surface area contributed by atoms with E-state index in [4.69, 9.17) is 14.2 Å². The lowest BCUT2D eigenvalue weighted by atomic mass is 10.2. The zero-order chi connectivity index (χ0) is 27.9. The second-order valence-corrected chi connectivity index (χ2v) is 12.3. The quantitative estimate of drug-likeness (QED) is 0.483. The van der Waals surface area contributed by atoms with Gasteiger partial charge in [-0.25, -0.2) is 28.0 Å². The maximum absolute atomic E-state index is 13.2. The minimum absolute atomic E-state index is 0.0618. The molecule has 15 heteroatoms. The minimum atomic E-state index is -5.80. The van der Waals surface area contributed by atoms with Crippen molar-refractivity contribution in [3.63, 3.8) is 0 Å². The van der Waals surface area contributed by atoms with E-state index < -0.39 is 49.5 Å². The molecule has 0 radical (unpaired) electrons. The van der Waals surface area contributed by atoms with E-state index in [2.05, 4.69) is 9.97 Å². The summed E-state index contributed by atoms with van der Waals surface area (Å²) in [5.74, 6) is -0.748. The number of hydrogen-bond donors (Lipinski definition) is 0. The van der Waals surface area contributed by atoms with E-state index in [-0.39, 0.29) is 21.3 Å². The molecule has 0 aliphatic rings. The molecular weight excluding hydrogens is 527 g/mol. The van der Waals surface area contributed by atoms with E-state index >= 15 is 0 Å². The second-order valence-electron chi connectivity index (χ2n) is 9.39. The molecule has 2 heterocycles. The molecule has 2 aromatic rings. The van der Waals surface area contributed by atoms with Crippen LogP contribution in [0.5, 0.6) is 5.88 Å². The predicted molar refractivity (Wildman–Crippen MR) is 125 cm³/mol. The van der Waals surface area contributed by atoms with Crippen LogP contribution >= 0.6 is 11.3 Å². The smallest absolute Gasteiger partial charge is 0.480 e. The van der Waals surface area contributed by atoms with Crippen LogP contribution in [0.25, 0.3) is 10.4 Å². The van der Waals surface area contributed by atoms with E-state index in [0.717, 1.165) is 30.7 Å². The summed E-state index contributed by atoms with van der Waals surface area (Å²) in [6.45, 7) is 11.0. The van der Waals surface area contributed by atoms with E-state index in [9.17, 15) is 31.2 Å². The number of pyridine rings is 1. The molecule has 0 unspecified atom stereocenters. The first-order valence-electron chi connectivity index (χ1n) is 10.3. The first-order valence-corrected chi connectivity index (χ1v) is 12.6. The number of thiazole rings is 1. The molecule has 0 N–H and O–H groups in total. The Morgan fingerprint density at radius 2 is 1.50 bits per heavy atom. The van der Waals surface area contributed by atoms with Crippen LogP contribution in [0, 0.1) is 6.92 Å². The van der Waals surface area contributed by atoms with E-state index in [1.807, 2.05) is 0 Å². The molecule has 0 spiro atoms. The number of nitrogens with zero attached hydrogens (tertiary/aromatic N) is 3. The molecule has 0 atom stereocenters. The number of imide groups is 1. The molecule has 2 aromatic heterocycles. The van der Waals surface area contributed by atoms with Crippen molar-refractivity contribution >= 4 is 38.5 Å². The number of methoxy groups -OCH3 is 1. The van der Waals surface area contributed by atoms with Crippen LogP contribution in [0.4, 0.5) is 27.9 Å². The highest BCUT2D eigenvalue weighted by molar-refractivity contribution is 7.92. The Hall–Kier alpha value is -2.94. The van der Waals surface area contributed by atoms with Crippen molar-refractivity contribution in [3.05, 3.63) is 18.0 Å². The van der Waals surface area contributed by atoms with Gasteiger partial charge in [0.2, 0.25) is 11.0 Å². The Balaban J connectivity index is 2.66. The summed E-state index contributed by atoms with van der Waals surface area (Å²) in [4.78, 5) is 33.1. The maximum atomic E-state index is 13.2. The lowest BCUT2D eigenvalue weighted by Crippen LogP contribution is -2.43. The SMILES string of the molecule is COc1ncc(-c2sc(N(C(=O)OC(C)(C)C)C(=O)OC(C)(C)C)nc2C)cc1S(=O)(=O)C(F)(F)F. The third kappa shape index (κ3) is 6.63. The van der Waals surface area contributed by atoms with Crippen LogP contribution in [0.3, 0.4) is 0 Å². The minimum Gasteiger partial charge on any atom is -0.480 e. The van der Waals surface area contributed by atoms with Crippen LogP contribution in [0.2, 0.25) is 0 Å². The number of carbonyl (C=O) groups is 2. The zero-order valence-corrected chi connectivity index (χ0v) is 22.4. The van der Waals surface area contributed by atoms with E-state index in [1.165, 1.54) is 6.92 Å². The standard InChI is InChI=1S/C21H26F3N3O7S2/c1-11-14(12-9-13(15(32-8)25-10-12)36(30,31)21(22,23)24)35-16(26-11)27(17(28)33-19(2,3)4)18(29)34-20(5,6)7/h9-10H,1-8H3. The van der Waals surface area contributed by atoms with E-state index in [0.29, 0.717) is 4.90 Å². The first-order chi connectivity index (χ1) is 16.2. The number of hydrogen-bond acceptors (Lipinski definition) is 10. The molecule has 0 aromatic carbocycles. The fourth-order valence-corrected chi connectivity index (χ4v) is 4.54. The van der Waals surface area contributed by atoms with Crippen molar-refractivity contribution in [1.82, 2.24) is 9.97 Å². The highest BCUT2D eigenvalue weighted by atomic mass is 32.2. The fourth-order valence-electron chi connectivity index (χ4n) is 2.62. The number of anilines is 1. The molecule has 10 nitrogen and oxygen atoms in total. The summed E-state index contributed by atoms with van der Waals surface area (Å²) >= 11 is 0.726. The average Bonchev–Trinajstić information content (AvgIpc) is 3.04. The Bertz CT molecular complexity index is 1230. The van der Waals surface area contributed by atoms with Crippen LogP contribution in [-0.2, 0) is 19.3 Å². The van der Waals surface area contributed by atoms with Crippen molar-refractivity contribution in [2.45, 2.75) is 70.1 Å². The Kier molecular flexibility index (Phi) is 8.01. The first kappa shape index (κ1) is 29.3. The molecule has 0 aliphatic heterocycles. The number of ether oxygens (including phenoxy) is 3. The second kappa shape index (κ2) is 9.84. The number of halogens is 3. The molecular formula is C21H26F3N3O7S2. The zero-order valence-electron chi connectivity index (χ0n) is 20.8. The summed E-state index contributed by atoms with van der Waals surface area (Å²) in [6, 6.07) is 0.740. The molecule has 0 fully saturated rings. The summed E-state index contributed by atoms with van der Waals surface area (Å²) in [5.41, 5.74) is -7.44. The number of sulfone groups is 1. The van der Waals surface area contributed by atoms with Crippen molar-refractivity contribution in [1.29, 1.82) is 0 Å². The van der Waals surface area contributed by atoms with Gasteiger partial charge in [-0.15, -0.1) is 0 Å². The van der Waals surface area contributed by atoms with Gasteiger partial charge in [-0.1, -0.05) is 11.3 Å². The number of aryl methyl sites for hydroxylation is 1. The number of carbonyl (C=O) groups excluding carboxylic acids is 2.